The first kappa shape index (κ1) is 20.8. The van der Waals surface area contributed by atoms with Crippen molar-refractivity contribution in [2.45, 2.75) is 55.2 Å². The van der Waals surface area contributed by atoms with Gasteiger partial charge in [-0.1, -0.05) is 6.07 Å². The van der Waals surface area contributed by atoms with E-state index >= 15 is 0 Å². The number of nitrogens with one attached hydrogen (secondary N) is 1. The minimum absolute atomic E-state index is 0.128. The number of sulfone groups is 2. The van der Waals surface area contributed by atoms with E-state index in [0.29, 0.717) is 19.8 Å². The maximum Gasteiger partial charge on any atom is 0.183 e. The van der Waals surface area contributed by atoms with Crippen LogP contribution in [-0.4, -0.2) is 59.4 Å². The van der Waals surface area contributed by atoms with Crippen molar-refractivity contribution >= 4 is 19.7 Å². The molecule has 0 aromatic heterocycles. The van der Waals surface area contributed by atoms with Crippen molar-refractivity contribution in [1.29, 1.82) is 0 Å². The summed E-state index contributed by atoms with van der Waals surface area (Å²) in [5.41, 5.74) is 2.30. The van der Waals surface area contributed by atoms with E-state index in [1.165, 1.54) is 5.56 Å². The van der Waals surface area contributed by atoms with Gasteiger partial charge in [-0.3, -0.25) is 0 Å². The van der Waals surface area contributed by atoms with Crippen LogP contribution in [0.25, 0.3) is 0 Å². The average Bonchev–Trinajstić information content (AvgIpc) is 2.96. The van der Waals surface area contributed by atoms with Crippen LogP contribution in [0.5, 0.6) is 0 Å². The fourth-order valence-corrected chi connectivity index (χ4v) is 8.74. The Balaban J connectivity index is 1.78. The molecule has 1 aliphatic carbocycles. The number of aryl methyl sites for hydroxylation is 2. The molecule has 3 rings (SSSR count). The second-order valence-electron chi connectivity index (χ2n) is 7.41. The first-order valence-electron chi connectivity index (χ1n) is 9.71. The Morgan fingerprint density at radius 3 is 2.63 bits per heavy atom. The van der Waals surface area contributed by atoms with Gasteiger partial charge in [0.25, 0.3) is 0 Å². The summed E-state index contributed by atoms with van der Waals surface area (Å²) in [7, 11) is -7.09. The van der Waals surface area contributed by atoms with E-state index in [-0.39, 0.29) is 16.4 Å². The van der Waals surface area contributed by atoms with Gasteiger partial charge in [0, 0.05) is 19.3 Å². The minimum Gasteiger partial charge on any atom is -0.382 e. The van der Waals surface area contributed by atoms with Crippen LogP contribution in [-0.2, 0) is 37.3 Å². The minimum atomic E-state index is -3.71. The van der Waals surface area contributed by atoms with Gasteiger partial charge in [0.05, 0.1) is 21.7 Å². The van der Waals surface area contributed by atoms with Crippen LogP contribution in [0.4, 0.5) is 0 Å². The Hall–Kier alpha value is -0.960. The van der Waals surface area contributed by atoms with E-state index in [2.05, 4.69) is 5.32 Å². The first-order chi connectivity index (χ1) is 12.8. The summed E-state index contributed by atoms with van der Waals surface area (Å²) in [5.74, 6) is -0.438. The van der Waals surface area contributed by atoms with Gasteiger partial charge in [0.15, 0.2) is 19.7 Å². The Morgan fingerprint density at radius 2 is 1.89 bits per heavy atom. The van der Waals surface area contributed by atoms with E-state index < -0.39 is 31.0 Å². The van der Waals surface area contributed by atoms with Crippen LogP contribution < -0.4 is 5.32 Å². The van der Waals surface area contributed by atoms with Crippen LogP contribution in [0, 0.1) is 0 Å². The molecule has 8 heteroatoms. The molecule has 1 fully saturated rings. The summed E-state index contributed by atoms with van der Waals surface area (Å²) in [6.07, 6.45) is 4.79. The molecule has 1 saturated heterocycles. The van der Waals surface area contributed by atoms with E-state index in [1.54, 1.807) is 12.1 Å². The van der Waals surface area contributed by atoms with E-state index in [1.807, 2.05) is 13.0 Å². The highest BCUT2D eigenvalue weighted by Crippen LogP contribution is 2.29. The van der Waals surface area contributed by atoms with Crippen molar-refractivity contribution < 1.29 is 21.6 Å². The predicted octanol–water partition coefficient (Wildman–Crippen LogP) is 1.52. The summed E-state index contributed by atoms with van der Waals surface area (Å²) in [6.45, 7) is 3.66. The largest absolute Gasteiger partial charge is 0.382 e. The van der Waals surface area contributed by atoms with Gasteiger partial charge in [0.2, 0.25) is 0 Å². The summed E-state index contributed by atoms with van der Waals surface area (Å²) >= 11 is 0. The molecule has 1 aromatic carbocycles. The lowest BCUT2D eigenvalue weighted by Crippen LogP contribution is -2.43. The molecule has 27 heavy (non-hydrogen) atoms. The molecule has 1 aliphatic heterocycles. The van der Waals surface area contributed by atoms with Crippen molar-refractivity contribution in [2.24, 2.45) is 0 Å². The zero-order valence-electron chi connectivity index (χ0n) is 15.8. The molecular weight excluding hydrogens is 386 g/mol. The summed E-state index contributed by atoms with van der Waals surface area (Å²) in [4.78, 5) is 0.256. The van der Waals surface area contributed by atoms with E-state index in [9.17, 15) is 16.8 Å². The third-order valence-electron chi connectivity index (χ3n) is 5.42. The van der Waals surface area contributed by atoms with Crippen LogP contribution in [0.15, 0.2) is 23.1 Å². The maximum absolute atomic E-state index is 13.2. The zero-order valence-corrected chi connectivity index (χ0v) is 17.4. The molecule has 0 spiro atoms. The number of ether oxygens (including phenoxy) is 1. The molecule has 1 heterocycles. The molecule has 0 amide bonds. The fraction of sp³-hybridized carbons (Fsp3) is 0.684. The van der Waals surface area contributed by atoms with Crippen molar-refractivity contribution in [3.05, 3.63) is 29.3 Å². The fourth-order valence-electron chi connectivity index (χ4n) is 3.98. The molecule has 2 atom stereocenters. The standard InChI is InChI=1S/C19H29NO5S2/c1-2-25-11-5-10-20-18-13-26(21,22)14-19(18)27(23,24)17-9-8-15-6-3-4-7-16(15)12-17/h8-9,12,18-20H,2-7,10-11,13-14H2,1H3/t18-,19-/m0/s1. The van der Waals surface area contributed by atoms with Crippen molar-refractivity contribution in [3.63, 3.8) is 0 Å². The van der Waals surface area contributed by atoms with Crippen molar-refractivity contribution in [2.75, 3.05) is 31.3 Å². The lowest BCUT2D eigenvalue weighted by Gasteiger charge is -2.22. The van der Waals surface area contributed by atoms with Gasteiger partial charge in [-0.25, -0.2) is 16.8 Å². The van der Waals surface area contributed by atoms with Crippen LogP contribution in [0.2, 0.25) is 0 Å². The van der Waals surface area contributed by atoms with Crippen LogP contribution in [0.1, 0.15) is 37.3 Å². The third kappa shape index (κ3) is 4.91. The molecule has 152 valence electrons. The highest BCUT2D eigenvalue weighted by molar-refractivity contribution is 7.96. The number of hydrogen-bond donors (Lipinski definition) is 1. The number of rotatable bonds is 8. The lowest BCUT2D eigenvalue weighted by molar-refractivity contribution is 0.144. The van der Waals surface area contributed by atoms with Gasteiger partial charge in [-0.05, 0) is 68.8 Å². The molecule has 0 saturated carbocycles. The third-order valence-corrected chi connectivity index (χ3v) is 9.57. The number of hydrogen-bond acceptors (Lipinski definition) is 6. The smallest absolute Gasteiger partial charge is 0.183 e. The Bertz CT molecular complexity index is 864. The van der Waals surface area contributed by atoms with Crippen LogP contribution in [0.3, 0.4) is 0 Å². The Morgan fingerprint density at radius 1 is 1.15 bits per heavy atom. The topological polar surface area (TPSA) is 89.5 Å². The molecule has 6 nitrogen and oxygen atoms in total. The van der Waals surface area contributed by atoms with Gasteiger partial charge in [-0.2, -0.15) is 0 Å². The SMILES string of the molecule is CCOCCCN[C@H]1CS(=O)(=O)C[C@@H]1S(=O)(=O)c1ccc2c(c1)CCCC2. The zero-order chi connectivity index (χ0) is 19.5. The molecule has 0 bridgehead atoms. The Labute approximate surface area is 162 Å². The normalized spacial score (nSPS) is 24.6. The number of benzene rings is 1. The van der Waals surface area contributed by atoms with Gasteiger partial charge < -0.3 is 10.1 Å². The molecule has 1 aromatic rings. The van der Waals surface area contributed by atoms with Gasteiger partial charge in [-0.15, -0.1) is 0 Å². The van der Waals surface area contributed by atoms with Crippen LogP contribution >= 0.6 is 0 Å². The van der Waals surface area contributed by atoms with E-state index in [0.717, 1.165) is 37.7 Å². The monoisotopic (exact) mass is 415 g/mol. The van der Waals surface area contributed by atoms with Crippen molar-refractivity contribution in [1.82, 2.24) is 5.32 Å². The van der Waals surface area contributed by atoms with Crippen molar-refractivity contribution in [3.8, 4) is 0 Å². The quantitative estimate of drug-likeness (QED) is 0.648. The molecule has 1 N–H and O–H groups in total. The van der Waals surface area contributed by atoms with Gasteiger partial charge in [0.1, 0.15) is 0 Å². The maximum atomic E-state index is 13.2. The average molecular weight is 416 g/mol. The molecule has 0 unspecified atom stereocenters. The summed E-state index contributed by atoms with van der Waals surface area (Å²) in [5, 5.41) is 2.21. The molecular formula is C19H29NO5S2. The number of fused-ring (bicyclic) bond motifs is 1. The second-order valence-corrected chi connectivity index (χ2v) is 11.7. The second kappa shape index (κ2) is 8.59. The summed E-state index contributed by atoms with van der Waals surface area (Å²) < 4.78 is 56.1. The highest BCUT2D eigenvalue weighted by atomic mass is 32.2. The van der Waals surface area contributed by atoms with E-state index in [4.69, 9.17) is 4.74 Å². The summed E-state index contributed by atoms with van der Waals surface area (Å²) in [6, 6.07) is 4.74. The highest BCUT2D eigenvalue weighted by Gasteiger charge is 2.45. The lowest BCUT2D eigenvalue weighted by atomic mass is 9.92. The Kier molecular flexibility index (Phi) is 6.61. The molecule has 2 aliphatic rings. The molecule has 0 radical (unpaired) electrons. The first-order valence-corrected chi connectivity index (χ1v) is 13.1. The van der Waals surface area contributed by atoms with Gasteiger partial charge >= 0.3 is 0 Å². The predicted molar refractivity (Wildman–Crippen MR) is 106 cm³/mol.